The predicted octanol–water partition coefficient (Wildman–Crippen LogP) is 2.68. The number of methoxy groups -OCH3 is 2. The Morgan fingerprint density at radius 2 is 1.80 bits per heavy atom. The van der Waals surface area contributed by atoms with E-state index in [0.717, 1.165) is 15.8 Å². The monoisotopic (exact) mass is 452 g/mol. The fourth-order valence-electron chi connectivity index (χ4n) is 2.72. The molecule has 0 spiro atoms. The average molecular weight is 453 g/mol. The second kappa shape index (κ2) is 11.2. The summed E-state index contributed by atoms with van der Waals surface area (Å²) < 4.78 is 36.8. The molecule has 0 aliphatic carbocycles. The number of carbonyl (C=O) groups excluding carboxylic acids is 1. The molecule has 2 aromatic carbocycles. The van der Waals surface area contributed by atoms with E-state index < -0.39 is 10.0 Å². The standard InChI is InChI=1S/C21H28N2O5S2/c1-16-7-5-6-8-17(16)15-29-12-11-22-21(24)14-23(2)30(25,26)18-9-10-19(27-3)20(13-18)28-4/h5-10,13H,11-12,14-15H2,1-4H3,(H,22,24). The number of hydrogen-bond donors (Lipinski definition) is 1. The number of likely N-dealkylation sites (N-methyl/N-ethyl adjacent to an activating group) is 1. The number of carbonyl (C=O) groups is 1. The molecular weight excluding hydrogens is 424 g/mol. The molecule has 1 amide bonds. The van der Waals surface area contributed by atoms with E-state index in [1.54, 1.807) is 11.8 Å². The lowest BCUT2D eigenvalue weighted by Crippen LogP contribution is -2.39. The first-order chi connectivity index (χ1) is 14.3. The Balaban J connectivity index is 1.83. The minimum absolute atomic E-state index is 0.0317. The SMILES string of the molecule is COc1ccc(S(=O)(=O)N(C)CC(=O)NCCSCc2ccccc2C)cc1OC. The van der Waals surface area contributed by atoms with Crippen molar-refractivity contribution in [1.82, 2.24) is 9.62 Å². The highest BCUT2D eigenvalue weighted by Gasteiger charge is 2.24. The van der Waals surface area contributed by atoms with E-state index in [1.807, 2.05) is 12.1 Å². The van der Waals surface area contributed by atoms with Gasteiger partial charge in [-0.25, -0.2) is 8.42 Å². The number of ether oxygens (including phenoxy) is 2. The Morgan fingerprint density at radius 3 is 2.47 bits per heavy atom. The molecule has 0 saturated heterocycles. The van der Waals surface area contributed by atoms with Gasteiger partial charge in [-0.2, -0.15) is 16.1 Å². The normalized spacial score (nSPS) is 11.4. The molecule has 0 aromatic heterocycles. The van der Waals surface area contributed by atoms with Gasteiger partial charge < -0.3 is 14.8 Å². The van der Waals surface area contributed by atoms with Gasteiger partial charge in [0.05, 0.1) is 25.7 Å². The highest BCUT2D eigenvalue weighted by Crippen LogP contribution is 2.30. The summed E-state index contributed by atoms with van der Waals surface area (Å²) in [7, 11) is 0.445. The van der Waals surface area contributed by atoms with Gasteiger partial charge in [0.1, 0.15) is 0 Å². The van der Waals surface area contributed by atoms with Crippen LogP contribution in [0.3, 0.4) is 0 Å². The summed E-state index contributed by atoms with van der Waals surface area (Å²) in [5.74, 6) is 2.00. The van der Waals surface area contributed by atoms with Crippen LogP contribution in [0, 0.1) is 6.92 Å². The number of nitrogens with zero attached hydrogens (tertiary/aromatic N) is 1. The molecule has 0 saturated carbocycles. The summed E-state index contributed by atoms with van der Waals surface area (Å²) in [4.78, 5) is 12.2. The average Bonchev–Trinajstić information content (AvgIpc) is 2.74. The van der Waals surface area contributed by atoms with Crippen molar-refractivity contribution in [3.8, 4) is 11.5 Å². The van der Waals surface area contributed by atoms with Crippen molar-refractivity contribution in [2.24, 2.45) is 0 Å². The Kier molecular flexibility index (Phi) is 9.01. The van der Waals surface area contributed by atoms with Gasteiger partial charge >= 0.3 is 0 Å². The first kappa shape index (κ1) is 24.0. The highest BCUT2D eigenvalue weighted by molar-refractivity contribution is 7.98. The minimum Gasteiger partial charge on any atom is -0.493 e. The molecule has 0 atom stereocenters. The third-order valence-electron chi connectivity index (χ3n) is 4.52. The van der Waals surface area contributed by atoms with Gasteiger partial charge in [0.25, 0.3) is 0 Å². The molecule has 2 aromatic rings. The van der Waals surface area contributed by atoms with Crippen LogP contribution in [0.4, 0.5) is 0 Å². The van der Waals surface area contributed by atoms with E-state index in [-0.39, 0.29) is 17.3 Å². The summed E-state index contributed by atoms with van der Waals surface area (Å²) in [5.41, 5.74) is 2.52. The predicted molar refractivity (Wildman–Crippen MR) is 120 cm³/mol. The fourth-order valence-corrected chi connectivity index (χ4v) is 4.79. The van der Waals surface area contributed by atoms with E-state index in [9.17, 15) is 13.2 Å². The molecule has 164 valence electrons. The number of rotatable bonds is 11. The zero-order chi connectivity index (χ0) is 22.1. The molecule has 30 heavy (non-hydrogen) atoms. The number of hydrogen-bond acceptors (Lipinski definition) is 6. The van der Waals surface area contributed by atoms with E-state index >= 15 is 0 Å². The van der Waals surface area contributed by atoms with Gasteiger partial charge in [-0.3, -0.25) is 4.79 Å². The number of amides is 1. The Morgan fingerprint density at radius 1 is 1.10 bits per heavy atom. The van der Waals surface area contributed by atoms with E-state index in [1.165, 1.54) is 50.6 Å². The summed E-state index contributed by atoms with van der Waals surface area (Å²) in [6.45, 7) is 2.28. The van der Waals surface area contributed by atoms with Crippen LogP contribution >= 0.6 is 11.8 Å². The molecule has 0 bridgehead atoms. The second-order valence-electron chi connectivity index (χ2n) is 6.61. The van der Waals surface area contributed by atoms with Crippen LogP contribution in [-0.2, 0) is 20.6 Å². The molecule has 0 heterocycles. The molecule has 0 unspecified atom stereocenters. The van der Waals surface area contributed by atoms with Gasteiger partial charge in [-0.05, 0) is 30.2 Å². The fraction of sp³-hybridized carbons (Fsp3) is 0.381. The summed E-state index contributed by atoms with van der Waals surface area (Å²) in [6.07, 6.45) is 0. The molecule has 0 radical (unpaired) electrons. The van der Waals surface area contributed by atoms with Crippen LogP contribution in [0.25, 0.3) is 0 Å². The van der Waals surface area contributed by atoms with Gasteiger partial charge in [-0.15, -0.1) is 0 Å². The summed E-state index contributed by atoms with van der Waals surface area (Å²) in [5, 5.41) is 2.77. The lowest BCUT2D eigenvalue weighted by molar-refractivity contribution is -0.121. The zero-order valence-corrected chi connectivity index (χ0v) is 19.3. The molecule has 1 N–H and O–H groups in total. The molecular formula is C21H28N2O5S2. The number of nitrogens with one attached hydrogen (secondary N) is 1. The largest absolute Gasteiger partial charge is 0.493 e. The van der Waals surface area contributed by atoms with Crippen molar-refractivity contribution in [1.29, 1.82) is 0 Å². The quantitative estimate of drug-likeness (QED) is 0.528. The maximum atomic E-state index is 12.7. The third kappa shape index (κ3) is 6.38. The van der Waals surface area contributed by atoms with Gasteiger partial charge in [-0.1, -0.05) is 24.3 Å². The smallest absolute Gasteiger partial charge is 0.243 e. The second-order valence-corrected chi connectivity index (χ2v) is 9.76. The molecule has 0 aliphatic rings. The zero-order valence-electron chi connectivity index (χ0n) is 17.7. The van der Waals surface area contributed by atoms with Crippen molar-refractivity contribution in [2.45, 2.75) is 17.6 Å². The summed E-state index contributed by atoms with van der Waals surface area (Å²) >= 11 is 1.72. The number of benzene rings is 2. The van der Waals surface area contributed by atoms with Crippen LogP contribution in [0.2, 0.25) is 0 Å². The number of aryl methyl sites for hydroxylation is 1. The molecule has 0 fully saturated rings. The van der Waals surface area contributed by atoms with Gasteiger partial charge in [0.15, 0.2) is 11.5 Å². The van der Waals surface area contributed by atoms with E-state index in [4.69, 9.17) is 9.47 Å². The number of sulfonamides is 1. The van der Waals surface area contributed by atoms with Crippen LogP contribution in [0.1, 0.15) is 11.1 Å². The van der Waals surface area contributed by atoms with Crippen molar-refractivity contribution in [3.63, 3.8) is 0 Å². The van der Waals surface area contributed by atoms with E-state index in [2.05, 4.69) is 24.4 Å². The first-order valence-corrected chi connectivity index (χ1v) is 12.0. The maximum Gasteiger partial charge on any atom is 0.243 e. The van der Waals surface area contributed by atoms with Crippen molar-refractivity contribution >= 4 is 27.7 Å². The van der Waals surface area contributed by atoms with Crippen LogP contribution in [0.15, 0.2) is 47.4 Å². The molecule has 7 nitrogen and oxygen atoms in total. The lowest BCUT2D eigenvalue weighted by Gasteiger charge is -2.18. The Bertz CT molecular complexity index is 964. The third-order valence-corrected chi connectivity index (χ3v) is 7.32. The van der Waals surface area contributed by atoms with Crippen molar-refractivity contribution in [2.75, 3.05) is 40.1 Å². The van der Waals surface area contributed by atoms with Crippen LogP contribution in [-0.4, -0.2) is 58.7 Å². The van der Waals surface area contributed by atoms with Gasteiger partial charge in [0.2, 0.25) is 15.9 Å². The Hall–Kier alpha value is -2.23. The molecule has 2 rings (SSSR count). The highest BCUT2D eigenvalue weighted by atomic mass is 32.2. The van der Waals surface area contributed by atoms with Crippen LogP contribution < -0.4 is 14.8 Å². The van der Waals surface area contributed by atoms with Gasteiger partial charge in [0, 0.05) is 31.2 Å². The molecule has 9 heteroatoms. The number of thioether (sulfide) groups is 1. The lowest BCUT2D eigenvalue weighted by atomic mass is 10.1. The maximum absolute atomic E-state index is 12.7. The molecule has 0 aliphatic heterocycles. The van der Waals surface area contributed by atoms with Crippen molar-refractivity contribution in [3.05, 3.63) is 53.6 Å². The minimum atomic E-state index is -3.84. The summed E-state index contributed by atoms with van der Waals surface area (Å²) in [6, 6.07) is 12.5. The topological polar surface area (TPSA) is 84.9 Å². The van der Waals surface area contributed by atoms with E-state index in [0.29, 0.717) is 18.0 Å². The first-order valence-electron chi connectivity index (χ1n) is 9.37. The Labute approximate surface area is 182 Å². The van der Waals surface area contributed by atoms with Crippen LogP contribution in [0.5, 0.6) is 11.5 Å². The van der Waals surface area contributed by atoms with Crippen molar-refractivity contribution < 1.29 is 22.7 Å².